The molecule has 0 saturated carbocycles. The van der Waals surface area contributed by atoms with Crippen LogP contribution >= 0.6 is 0 Å². The van der Waals surface area contributed by atoms with Crippen molar-refractivity contribution in [2.24, 2.45) is 0 Å². The molecule has 0 aromatic heterocycles. The fourth-order valence-corrected chi connectivity index (χ4v) is 2.87. The van der Waals surface area contributed by atoms with Crippen LogP contribution in [0.25, 0.3) is 6.08 Å². The van der Waals surface area contributed by atoms with Crippen LogP contribution in [0.15, 0.2) is 48.0 Å². The second kappa shape index (κ2) is 5.85. The molecule has 24 heavy (non-hydrogen) atoms. The van der Waals surface area contributed by atoms with Gasteiger partial charge in [-0.25, -0.2) is 0 Å². The second-order valence-electron chi connectivity index (χ2n) is 5.69. The SMILES string of the molecule is O=C1COc2ccc(/C=C3\CCOc4ccccc4C3=O)cc2N1. The average Bonchev–Trinajstić information content (AvgIpc) is 2.75. The van der Waals surface area contributed by atoms with Crippen molar-refractivity contribution in [1.82, 2.24) is 0 Å². The van der Waals surface area contributed by atoms with E-state index in [0.717, 1.165) is 5.56 Å². The average molecular weight is 321 g/mol. The standard InChI is InChI=1S/C19H15NO4/c21-18-11-24-17-6-5-12(10-15(17)20-18)9-13-7-8-23-16-4-2-1-3-14(16)19(13)22/h1-6,9-10H,7-8,11H2,(H,20,21)/b13-9+. The third-order valence-electron chi connectivity index (χ3n) is 4.03. The molecule has 2 aliphatic rings. The molecule has 0 spiro atoms. The Balaban J connectivity index is 1.69. The number of nitrogens with one attached hydrogen (secondary N) is 1. The van der Waals surface area contributed by atoms with E-state index in [9.17, 15) is 9.59 Å². The monoisotopic (exact) mass is 321 g/mol. The van der Waals surface area contributed by atoms with Crippen molar-refractivity contribution in [2.75, 3.05) is 18.5 Å². The van der Waals surface area contributed by atoms with Crippen molar-refractivity contribution in [3.05, 3.63) is 59.2 Å². The minimum absolute atomic E-state index is 0.0268. The first kappa shape index (κ1) is 14.5. The molecular formula is C19H15NO4. The van der Waals surface area contributed by atoms with Gasteiger partial charge in [0, 0.05) is 12.0 Å². The molecule has 1 amide bonds. The lowest BCUT2D eigenvalue weighted by Gasteiger charge is -2.18. The fourth-order valence-electron chi connectivity index (χ4n) is 2.87. The van der Waals surface area contributed by atoms with Crippen molar-refractivity contribution in [3.63, 3.8) is 0 Å². The van der Waals surface area contributed by atoms with E-state index in [-0.39, 0.29) is 18.3 Å². The van der Waals surface area contributed by atoms with Crippen molar-refractivity contribution in [3.8, 4) is 11.5 Å². The molecule has 2 aromatic rings. The zero-order valence-corrected chi connectivity index (χ0v) is 12.9. The summed E-state index contributed by atoms with van der Waals surface area (Å²) in [5, 5.41) is 2.77. The van der Waals surface area contributed by atoms with E-state index in [0.29, 0.717) is 41.4 Å². The molecule has 0 radical (unpaired) electrons. The molecule has 4 rings (SSSR count). The van der Waals surface area contributed by atoms with E-state index in [1.165, 1.54) is 0 Å². The molecule has 120 valence electrons. The number of benzene rings is 2. The van der Waals surface area contributed by atoms with Gasteiger partial charge in [-0.1, -0.05) is 18.2 Å². The zero-order valence-electron chi connectivity index (χ0n) is 12.9. The van der Waals surface area contributed by atoms with Crippen LogP contribution in [0.5, 0.6) is 11.5 Å². The number of amides is 1. The summed E-state index contributed by atoms with van der Waals surface area (Å²) >= 11 is 0. The highest BCUT2D eigenvalue weighted by molar-refractivity contribution is 6.13. The predicted molar refractivity (Wildman–Crippen MR) is 89.4 cm³/mol. The summed E-state index contributed by atoms with van der Waals surface area (Å²) in [6.07, 6.45) is 2.38. The Morgan fingerprint density at radius 3 is 2.79 bits per heavy atom. The lowest BCUT2D eigenvalue weighted by molar-refractivity contribution is -0.118. The molecule has 5 nitrogen and oxygen atoms in total. The van der Waals surface area contributed by atoms with Gasteiger partial charge < -0.3 is 14.8 Å². The topological polar surface area (TPSA) is 64.6 Å². The highest BCUT2D eigenvalue weighted by Gasteiger charge is 2.21. The van der Waals surface area contributed by atoms with E-state index < -0.39 is 0 Å². The van der Waals surface area contributed by atoms with Crippen LogP contribution in [0.1, 0.15) is 22.3 Å². The van der Waals surface area contributed by atoms with E-state index in [1.54, 1.807) is 12.1 Å². The molecular weight excluding hydrogens is 306 g/mol. The molecule has 5 heteroatoms. The molecule has 0 fully saturated rings. The number of carbonyl (C=O) groups is 2. The zero-order chi connectivity index (χ0) is 16.5. The van der Waals surface area contributed by atoms with Gasteiger partial charge in [0.05, 0.1) is 17.9 Å². The van der Waals surface area contributed by atoms with Gasteiger partial charge in [-0.2, -0.15) is 0 Å². The van der Waals surface area contributed by atoms with E-state index >= 15 is 0 Å². The molecule has 0 bridgehead atoms. The first-order chi connectivity index (χ1) is 11.7. The number of ether oxygens (including phenoxy) is 2. The number of anilines is 1. The predicted octanol–water partition coefficient (Wildman–Crippen LogP) is 3.07. The Bertz CT molecular complexity index is 869. The van der Waals surface area contributed by atoms with Crippen LogP contribution in [0.2, 0.25) is 0 Å². The Morgan fingerprint density at radius 2 is 1.88 bits per heavy atom. The number of hydrogen-bond acceptors (Lipinski definition) is 4. The van der Waals surface area contributed by atoms with Crippen molar-refractivity contribution in [2.45, 2.75) is 6.42 Å². The van der Waals surface area contributed by atoms with Gasteiger partial charge in [-0.05, 0) is 35.9 Å². The number of para-hydroxylation sites is 1. The normalized spacial score (nSPS) is 17.9. The molecule has 2 aromatic carbocycles. The number of fused-ring (bicyclic) bond motifs is 2. The molecule has 0 unspecified atom stereocenters. The smallest absolute Gasteiger partial charge is 0.262 e. The minimum atomic E-state index is -0.180. The van der Waals surface area contributed by atoms with Crippen molar-refractivity contribution >= 4 is 23.5 Å². The Hall–Kier alpha value is -3.08. The largest absolute Gasteiger partial charge is 0.492 e. The lowest BCUT2D eigenvalue weighted by atomic mass is 9.99. The van der Waals surface area contributed by atoms with E-state index in [2.05, 4.69) is 5.32 Å². The summed E-state index contributed by atoms with van der Waals surface area (Å²) in [6.45, 7) is 0.486. The van der Waals surface area contributed by atoms with Crippen LogP contribution in [0.3, 0.4) is 0 Å². The molecule has 0 saturated heterocycles. The maximum absolute atomic E-state index is 12.7. The van der Waals surface area contributed by atoms with Crippen LogP contribution in [0.4, 0.5) is 5.69 Å². The summed E-state index contributed by atoms with van der Waals surface area (Å²) in [5.41, 5.74) is 2.72. The van der Waals surface area contributed by atoms with Crippen LogP contribution in [0, 0.1) is 0 Å². The Morgan fingerprint density at radius 1 is 1.00 bits per heavy atom. The molecule has 1 N–H and O–H groups in total. The summed E-state index contributed by atoms with van der Waals surface area (Å²) in [4.78, 5) is 24.2. The maximum Gasteiger partial charge on any atom is 0.262 e. The number of rotatable bonds is 1. The molecule has 2 heterocycles. The van der Waals surface area contributed by atoms with E-state index in [4.69, 9.17) is 9.47 Å². The number of ketones is 1. The highest BCUT2D eigenvalue weighted by Crippen LogP contribution is 2.31. The number of hydrogen-bond donors (Lipinski definition) is 1. The first-order valence-corrected chi connectivity index (χ1v) is 7.74. The summed E-state index contributed by atoms with van der Waals surface area (Å²) in [7, 11) is 0. The summed E-state index contributed by atoms with van der Waals surface area (Å²) in [6, 6.07) is 12.7. The van der Waals surface area contributed by atoms with Gasteiger partial charge in [-0.15, -0.1) is 0 Å². The van der Waals surface area contributed by atoms with Crippen LogP contribution in [-0.2, 0) is 4.79 Å². The highest BCUT2D eigenvalue weighted by atomic mass is 16.5. The van der Waals surface area contributed by atoms with Gasteiger partial charge in [-0.3, -0.25) is 9.59 Å². The first-order valence-electron chi connectivity index (χ1n) is 7.74. The third-order valence-corrected chi connectivity index (χ3v) is 4.03. The van der Waals surface area contributed by atoms with Gasteiger partial charge in [0.25, 0.3) is 5.91 Å². The van der Waals surface area contributed by atoms with E-state index in [1.807, 2.05) is 36.4 Å². The van der Waals surface area contributed by atoms with Gasteiger partial charge in [0.15, 0.2) is 12.4 Å². The van der Waals surface area contributed by atoms with Gasteiger partial charge in [0.1, 0.15) is 11.5 Å². The fraction of sp³-hybridized carbons (Fsp3) is 0.158. The molecule has 2 aliphatic heterocycles. The van der Waals surface area contributed by atoms with Gasteiger partial charge >= 0.3 is 0 Å². The summed E-state index contributed by atoms with van der Waals surface area (Å²) in [5.74, 6) is 1.05. The number of carbonyl (C=O) groups excluding carboxylic acids is 2. The Kier molecular flexibility index (Phi) is 3.54. The minimum Gasteiger partial charge on any atom is -0.492 e. The van der Waals surface area contributed by atoms with Gasteiger partial charge in [0.2, 0.25) is 0 Å². The second-order valence-corrected chi connectivity index (χ2v) is 5.69. The maximum atomic E-state index is 12.7. The molecule has 0 aliphatic carbocycles. The third kappa shape index (κ3) is 2.65. The Labute approximate surface area is 138 Å². The quantitative estimate of drug-likeness (QED) is 0.820. The molecule has 0 atom stereocenters. The van der Waals surface area contributed by atoms with Crippen LogP contribution in [-0.4, -0.2) is 24.9 Å². The summed E-state index contributed by atoms with van der Waals surface area (Å²) < 4.78 is 11.0. The number of Topliss-reactive ketones (excluding diaryl/α,β-unsaturated/α-hetero) is 1. The van der Waals surface area contributed by atoms with Crippen LogP contribution < -0.4 is 14.8 Å². The van der Waals surface area contributed by atoms with Crippen molar-refractivity contribution in [1.29, 1.82) is 0 Å². The van der Waals surface area contributed by atoms with Crippen molar-refractivity contribution < 1.29 is 19.1 Å². The lowest BCUT2D eigenvalue weighted by Crippen LogP contribution is -2.25.